The fraction of sp³-hybridized carbons (Fsp3) is 0.405. The van der Waals surface area contributed by atoms with Crippen LogP contribution in [0, 0.1) is 4.91 Å². The number of carbonyl (C=O) groups is 2. The van der Waals surface area contributed by atoms with Gasteiger partial charge in [0.15, 0.2) is 0 Å². The maximum atomic E-state index is 13.5. The molecule has 4 aromatic rings. The van der Waals surface area contributed by atoms with Crippen molar-refractivity contribution < 1.29 is 27.5 Å². The van der Waals surface area contributed by atoms with E-state index >= 15 is 0 Å². The molecule has 11 nitrogen and oxygen atoms in total. The smallest absolute Gasteiger partial charge is 0.337 e. The van der Waals surface area contributed by atoms with Gasteiger partial charge in [0.05, 0.1) is 31.0 Å². The zero-order valence-electron chi connectivity index (χ0n) is 28.3. The Morgan fingerprint density at radius 2 is 1.69 bits per heavy atom. The molecular formula is C37H44N4O7S. The highest BCUT2D eigenvalue weighted by Crippen LogP contribution is 2.44. The van der Waals surface area contributed by atoms with Crippen molar-refractivity contribution in [1.29, 1.82) is 0 Å². The quantitative estimate of drug-likeness (QED) is 0.0795. The normalized spacial score (nSPS) is 13.8. The van der Waals surface area contributed by atoms with E-state index in [-0.39, 0.29) is 29.6 Å². The number of rotatable bonds is 15. The number of benzene rings is 3. The number of hydrogen-bond acceptors (Lipinski definition) is 8. The first-order valence-corrected chi connectivity index (χ1v) is 18.2. The number of fused-ring (bicyclic) bond motifs is 1. The van der Waals surface area contributed by atoms with Gasteiger partial charge in [-0.25, -0.2) is 17.5 Å². The van der Waals surface area contributed by atoms with E-state index in [4.69, 9.17) is 9.47 Å². The molecule has 0 radical (unpaired) electrons. The van der Waals surface area contributed by atoms with Crippen LogP contribution in [-0.2, 0) is 26.1 Å². The third kappa shape index (κ3) is 8.02. The molecule has 12 heteroatoms. The fourth-order valence-electron chi connectivity index (χ4n) is 6.75. The molecule has 0 aliphatic heterocycles. The van der Waals surface area contributed by atoms with Crippen LogP contribution in [0.1, 0.15) is 73.2 Å². The second-order valence-corrected chi connectivity index (χ2v) is 14.4. The highest BCUT2D eigenvalue weighted by Gasteiger charge is 2.28. The minimum Gasteiger partial charge on any atom is -0.497 e. The molecule has 1 aromatic heterocycles. The lowest BCUT2D eigenvalue weighted by Gasteiger charge is -2.24. The van der Waals surface area contributed by atoms with Crippen LogP contribution >= 0.6 is 0 Å². The topological polar surface area (TPSA) is 136 Å². The van der Waals surface area contributed by atoms with Crippen LogP contribution in [0.2, 0.25) is 0 Å². The van der Waals surface area contributed by atoms with Gasteiger partial charge in [0.25, 0.3) is 0 Å². The number of esters is 1. The SMILES string of the molecule is COC(=O)c1ccc2c(C3CCCCC3)c(-c3ccc(OC)cc3)n(CC(=O)NCCCCCN(C)S(=O)(=O)c3ccccc3N=O)c2c1. The molecule has 5 rings (SSSR count). The molecule has 49 heavy (non-hydrogen) atoms. The molecule has 1 aliphatic carbocycles. The number of nitrogens with one attached hydrogen (secondary N) is 1. The highest BCUT2D eigenvalue weighted by molar-refractivity contribution is 7.89. The Morgan fingerprint density at radius 3 is 2.39 bits per heavy atom. The van der Waals surface area contributed by atoms with Gasteiger partial charge in [0, 0.05) is 25.5 Å². The predicted molar refractivity (Wildman–Crippen MR) is 190 cm³/mol. The van der Waals surface area contributed by atoms with E-state index in [2.05, 4.69) is 10.5 Å². The number of hydrogen-bond donors (Lipinski definition) is 1. The van der Waals surface area contributed by atoms with Crippen molar-refractivity contribution in [1.82, 2.24) is 14.2 Å². The molecule has 1 fully saturated rings. The maximum Gasteiger partial charge on any atom is 0.337 e. The first-order valence-electron chi connectivity index (χ1n) is 16.7. The van der Waals surface area contributed by atoms with Crippen molar-refractivity contribution in [3.63, 3.8) is 0 Å². The van der Waals surface area contributed by atoms with E-state index in [1.54, 1.807) is 25.3 Å². The van der Waals surface area contributed by atoms with Gasteiger partial charge in [-0.3, -0.25) is 4.79 Å². The van der Waals surface area contributed by atoms with Gasteiger partial charge in [-0.1, -0.05) is 43.9 Å². The van der Waals surface area contributed by atoms with E-state index in [1.807, 2.05) is 41.0 Å². The maximum absolute atomic E-state index is 13.5. The average Bonchev–Trinajstić information content (AvgIpc) is 3.45. The van der Waals surface area contributed by atoms with Crippen molar-refractivity contribution >= 4 is 38.5 Å². The number of nitroso groups, excluding NO2 is 1. The Kier molecular flexibility index (Phi) is 11.8. The summed E-state index contributed by atoms with van der Waals surface area (Å²) >= 11 is 0. The number of nitrogens with zero attached hydrogens (tertiary/aromatic N) is 3. The van der Waals surface area contributed by atoms with Crippen molar-refractivity contribution in [2.45, 2.75) is 68.7 Å². The van der Waals surface area contributed by atoms with Crippen molar-refractivity contribution in [3.8, 4) is 17.0 Å². The monoisotopic (exact) mass is 688 g/mol. The number of aromatic nitrogens is 1. The molecule has 0 atom stereocenters. The summed E-state index contributed by atoms with van der Waals surface area (Å²) in [6, 6.07) is 19.3. The van der Waals surface area contributed by atoms with Crippen LogP contribution < -0.4 is 10.1 Å². The van der Waals surface area contributed by atoms with Gasteiger partial charge in [-0.2, -0.15) is 0 Å². The number of methoxy groups -OCH3 is 2. The molecular weight excluding hydrogens is 644 g/mol. The Labute approximate surface area is 287 Å². The zero-order chi connectivity index (χ0) is 35.0. The van der Waals surface area contributed by atoms with Gasteiger partial charge in [0.1, 0.15) is 22.9 Å². The Morgan fingerprint density at radius 1 is 0.959 bits per heavy atom. The summed E-state index contributed by atoms with van der Waals surface area (Å²) in [6.45, 7) is 0.740. The number of carbonyl (C=O) groups excluding carboxylic acids is 2. The highest BCUT2D eigenvalue weighted by atomic mass is 32.2. The van der Waals surface area contributed by atoms with E-state index in [1.165, 1.54) is 42.6 Å². The number of unbranched alkanes of at least 4 members (excludes halogenated alkanes) is 2. The molecule has 0 bridgehead atoms. The van der Waals surface area contributed by atoms with Crippen LogP contribution in [0.3, 0.4) is 0 Å². The molecule has 1 heterocycles. The predicted octanol–water partition coefficient (Wildman–Crippen LogP) is 7.16. The van der Waals surface area contributed by atoms with Gasteiger partial charge >= 0.3 is 5.97 Å². The van der Waals surface area contributed by atoms with Crippen molar-refractivity contribution in [3.05, 3.63) is 82.8 Å². The molecule has 1 amide bonds. The summed E-state index contributed by atoms with van der Waals surface area (Å²) in [7, 11) is 0.611. The first kappa shape index (κ1) is 35.7. The summed E-state index contributed by atoms with van der Waals surface area (Å²) in [6.07, 6.45) is 7.53. The van der Waals surface area contributed by atoms with Gasteiger partial charge in [-0.15, -0.1) is 4.91 Å². The number of ether oxygens (including phenoxy) is 2. The van der Waals surface area contributed by atoms with E-state index in [0.29, 0.717) is 37.3 Å². The third-order valence-electron chi connectivity index (χ3n) is 9.33. The molecule has 0 saturated heterocycles. The van der Waals surface area contributed by atoms with Crippen molar-refractivity contribution in [2.24, 2.45) is 5.18 Å². The molecule has 1 saturated carbocycles. The van der Waals surface area contributed by atoms with Crippen LogP contribution in [-0.4, -0.2) is 63.5 Å². The van der Waals surface area contributed by atoms with Gasteiger partial charge < -0.3 is 19.4 Å². The Balaban J connectivity index is 1.32. The van der Waals surface area contributed by atoms with E-state index < -0.39 is 16.0 Å². The van der Waals surface area contributed by atoms with Crippen molar-refractivity contribution in [2.75, 3.05) is 34.4 Å². The van der Waals surface area contributed by atoms with E-state index in [0.717, 1.165) is 53.6 Å². The first-order chi connectivity index (χ1) is 23.7. The lowest BCUT2D eigenvalue weighted by atomic mass is 9.82. The standard InChI is InChI=1S/C37H44N4O7S/c1-40(49(45,46)33-15-9-8-14-31(33)39-44)23-11-5-10-22-38-34(42)25-41-32-24-28(37(43)48-3)18-21-30(32)35(26-12-6-4-7-13-26)36(41)27-16-19-29(47-2)20-17-27/h8-9,14-21,24,26H,4-7,10-13,22-23,25H2,1-3H3,(H,38,42). The zero-order valence-corrected chi connectivity index (χ0v) is 29.1. The Hall–Kier alpha value is -4.55. The van der Waals surface area contributed by atoms with Gasteiger partial charge in [-0.05, 0) is 96.4 Å². The van der Waals surface area contributed by atoms with Gasteiger partial charge in [0.2, 0.25) is 15.9 Å². The second kappa shape index (κ2) is 16.2. The van der Waals surface area contributed by atoms with Crippen LogP contribution in [0.4, 0.5) is 5.69 Å². The summed E-state index contributed by atoms with van der Waals surface area (Å²) in [4.78, 5) is 37.1. The summed E-state index contributed by atoms with van der Waals surface area (Å²) in [5.41, 5.74) is 4.25. The summed E-state index contributed by atoms with van der Waals surface area (Å²) in [5.74, 6) is 0.463. The van der Waals surface area contributed by atoms with Crippen LogP contribution in [0.5, 0.6) is 5.75 Å². The molecule has 260 valence electrons. The fourth-order valence-corrected chi connectivity index (χ4v) is 8.08. The molecule has 0 spiro atoms. The molecule has 1 N–H and O–H groups in total. The van der Waals surface area contributed by atoms with E-state index in [9.17, 15) is 22.9 Å². The number of amides is 1. The minimum absolute atomic E-state index is 0.0559. The van der Waals surface area contributed by atoms with Crippen LogP contribution in [0.25, 0.3) is 22.2 Å². The largest absolute Gasteiger partial charge is 0.497 e. The molecule has 1 aliphatic rings. The molecule has 0 unspecified atom stereocenters. The van der Waals surface area contributed by atoms with Crippen LogP contribution in [0.15, 0.2) is 76.8 Å². The summed E-state index contributed by atoms with van der Waals surface area (Å²) < 4.78 is 39.6. The second-order valence-electron chi connectivity index (χ2n) is 12.4. The summed E-state index contributed by atoms with van der Waals surface area (Å²) in [5, 5.41) is 6.92. The average molecular weight is 689 g/mol. The Bertz CT molecular complexity index is 1900. The minimum atomic E-state index is -3.86. The lowest BCUT2D eigenvalue weighted by molar-refractivity contribution is -0.121. The molecule has 3 aromatic carbocycles. The number of sulfonamides is 1. The lowest BCUT2D eigenvalue weighted by Crippen LogP contribution is -2.29. The third-order valence-corrected chi connectivity index (χ3v) is 11.2.